The molecule has 8 heteroatoms. The van der Waals surface area contributed by atoms with E-state index in [9.17, 15) is 0 Å². The first-order chi connectivity index (χ1) is 13.3. The van der Waals surface area contributed by atoms with Crippen molar-refractivity contribution in [2.75, 3.05) is 19.3 Å². The SMILES string of the molecule is CN=C(NCCSc1ccccc1)NCc1cccc(Cn2cncn2)c1.I. The van der Waals surface area contributed by atoms with E-state index in [1.54, 1.807) is 19.7 Å². The van der Waals surface area contributed by atoms with Gasteiger partial charge in [-0.1, -0.05) is 42.5 Å². The molecule has 2 N–H and O–H groups in total. The third-order valence-electron chi connectivity index (χ3n) is 3.89. The second kappa shape index (κ2) is 12.4. The van der Waals surface area contributed by atoms with Gasteiger partial charge in [0, 0.05) is 30.8 Å². The second-order valence-corrected chi connectivity index (χ2v) is 7.10. The third-order valence-corrected chi connectivity index (χ3v) is 4.91. The van der Waals surface area contributed by atoms with Gasteiger partial charge in [-0.3, -0.25) is 4.99 Å². The Morgan fingerprint density at radius 3 is 2.64 bits per heavy atom. The maximum atomic E-state index is 4.29. The molecule has 0 atom stereocenters. The number of nitrogens with zero attached hydrogens (tertiary/aromatic N) is 4. The Labute approximate surface area is 187 Å². The van der Waals surface area contributed by atoms with Crippen LogP contribution in [-0.2, 0) is 13.1 Å². The molecule has 1 aromatic heterocycles. The average Bonchev–Trinajstić information content (AvgIpc) is 3.21. The van der Waals surface area contributed by atoms with E-state index < -0.39 is 0 Å². The largest absolute Gasteiger partial charge is 0.356 e. The minimum atomic E-state index is 0. The highest BCUT2D eigenvalue weighted by Crippen LogP contribution is 2.15. The molecule has 3 rings (SSSR count). The molecule has 6 nitrogen and oxygen atoms in total. The number of halogens is 1. The number of guanidine groups is 1. The molecular formula is C20H25IN6S. The maximum absolute atomic E-state index is 4.29. The van der Waals surface area contributed by atoms with Crippen molar-refractivity contribution in [3.63, 3.8) is 0 Å². The molecule has 28 heavy (non-hydrogen) atoms. The molecule has 148 valence electrons. The third kappa shape index (κ3) is 7.51. The molecule has 2 aromatic carbocycles. The van der Waals surface area contributed by atoms with Gasteiger partial charge in [-0.15, -0.1) is 35.7 Å². The Bertz CT molecular complexity index is 839. The van der Waals surface area contributed by atoms with E-state index in [0.717, 1.165) is 31.3 Å². The molecule has 0 aliphatic rings. The van der Waals surface area contributed by atoms with Crippen molar-refractivity contribution in [1.29, 1.82) is 0 Å². The molecule has 1 heterocycles. The van der Waals surface area contributed by atoms with Crippen molar-refractivity contribution in [2.45, 2.75) is 18.0 Å². The normalized spacial score (nSPS) is 11.0. The summed E-state index contributed by atoms with van der Waals surface area (Å²) in [5.74, 6) is 1.79. The fraction of sp³-hybridized carbons (Fsp3) is 0.250. The standard InChI is InChI=1S/C20H24N6S.HI/c1-21-20(23-10-11-27-19-8-3-2-4-9-19)24-13-17-6-5-7-18(12-17)14-26-16-22-15-25-26;/h2-9,12,15-16H,10-11,13-14H2,1H3,(H2,21,23,24);1H. The first-order valence-corrected chi connectivity index (χ1v) is 9.84. The average molecular weight is 508 g/mol. The molecule has 0 saturated heterocycles. The molecule has 0 fully saturated rings. The minimum absolute atomic E-state index is 0. The van der Waals surface area contributed by atoms with Gasteiger partial charge in [0.1, 0.15) is 12.7 Å². The van der Waals surface area contributed by atoms with Gasteiger partial charge in [-0.2, -0.15) is 5.10 Å². The number of aliphatic imine (C=N–C) groups is 1. The zero-order valence-electron chi connectivity index (χ0n) is 15.8. The predicted octanol–water partition coefficient (Wildman–Crippen LogP) is 3.40. The summed E-state index contributed by atoms with van der Waals surface area (Å²) in [5.41, 5.74) is 2.40. The Morgan fingerprint density at radius 1 is 1.07 bits per heavy atom. The number of rotatable bonds is 8. The molecule has 0 spiro atoms. The molecule has 3 aromatic rings. The molecule has 0 amide bonds. The van der Waals surface area contributed by atoms with E-state index in [1.165, 1.54) is 16.0 Å². The summed E-state index contributed by atoms with van der Waals surface area (Å²) < 4.78 is 1.82. The van der Waals surface area contributed by atoms with Crippen LogP contribution in [0.3, 0.4) is 0 Å². The highest BCUT2D eigenvalue weighted by atomic mass is 127. The van der Waals surface area contributed by atoms with Gasteiger partial charge in [-0.25, -0.2) is 9.67 Å². The van der Waals surface area contributed by atoms with Gasteiger partial charge in [0.05, 0.1) is 6.54 Å². The van der Waals surface area contributed by atoms with E-state index in [4.69, 9.17) is 0 Å². The van der Waals surface area contributed by atoms with Crippen molar-refractivity contribution < 1.29 is 0 Å². The van der Waals surface area contributed by atoms with Crippen LogP contribution in [-0.4, -0.2) is 40.1 Å². The number of aromatic nitrogens is 3. The van der Waals surface area contributed by atoms with Crippen molar-refractivity contribution in [3.8, 4) is 0 Å². The molecular weight excluding hydrogens is 483 g/mol. The lowest BCUT2D eigenvalue weighted by Gasteiger charge is -2.12. The van der Waals surface area contributed by atoms with Crippen LogP contribution in [0.5, 0.6) is 0 Å². The zero-order valence-corrected chi connectivity index (χ0v) is 18.9. The van der Waals surface area contributed by atoms with E-state index in [1.807, 2.05) is 22.5 Å². The lowest BCUT2D eigenvalue weighted by Crippen LogP contribution is -2.37. The number of hydrogen-bond donors (Lipinski definition) is 2. The molecule has 0 radical (unpaired) electrons. The Kier molecular flexibility index (Phi) is 9.84. The quantitative estimate of drug-likeness (QED) is 0.161. The molecule has 0 aliphatic carbocycles. The summed E-state index contributed by atoms with van der Waals surface area (Å²) in [7, 11) is 1.79. The highest BCUT2D eigenvalue weighted by Gasteiger charge is 2.01. The maximum Gasteiger partial charge on any atom is 0.191 e. The minimum Gasteiger partial charge on any atom is -0.356 e. The van der Waals surface area contributed by atoms with Crippen LogP contribution in [0.2, 0.25) is 0 Å². The Hall–Kier alpha value is -2.07. The van der Waals surface area contributed by atoms with Crippen LogP contribution in [0.15, 0.2) is 77.1 Å². The monoisotopic (exact) mass is 508 g/mol. The number of thioether (sulfide) groups is 1. The summed E-state index contributed by atoms with van der Waals surface area (Å²) in [6.07, 6.45) is 3.28. The van der Waals surface area contributed by atoms with Crippen LogP contribution >= 0.6 is 35.7 Å². The predicted molar refractivity (Wildman–Crippen MR) is 126 cm³/mol. The van der Waals surface area contributed by atoms with Crippen LogP contribution in [0, 0.1) is 0 Å². The van der Waals surface area contributed by atoms with E-state index in [2.05, 4.69) is 74.2 Å². The van der Waals surface area contributed by atoms with E-state index >= 15 is 0 Å². The van der Waals surface area contributed by atoms with Gasteiger partial charge in [0.15, 0.2) is 5.96 Å². The van der Waals surface area contributed by atoms with E-state index in [0.29, 0.717) is 0 Å². The van der Waals surface area contributed by atoms with Crippen molar-refractivity contribution in [3.05, 3.63) is 78.4 Å². The molecule has 0 bridgehead atoms. The fourth-order valence-corrected chi connectivity index (χ4v) is 3.39. The lowest BCUT2D eigenvalue weighted by molar-refractivity contribution is 0.683. The summed E-state index contributed by atoms with van der Waals surface area (Å²) >= 11 is 1.83. The first-order valence-electron chi connectivity index (χ1n) is 8.86. The van der Waals surface area contributed by atoms with E-state index in [-0.39, 0.29) is 24.0 Å². The topological polar surface area (TPSA) is 67.1 Å². The summed E-state index contributed by atoms with van der Waals surface area (Å²) in [5, 5.41) is 10.9. The highest BCUT2D eigenvalue weighted by molar-refractivity contribution is 14.0. The van der Waals surface area contributed by atoms with Gasteiger partial charge in [0.25, 0.3) is 0 Å². The van der Waals surface area contributed by atoms with Gasteiger partial charge < -0.3 is 10.6 Å². The van der Waals surface area contributed by atoms with Crippen molar-refractivity contribution in [2.24, 2.45) is 4.99 Å². The lowest BCUT2D eigenvalue weighted by atomic mass is 10.1. The van der Waals surface area contributed by atoms with Crippen LogP contribution in [0.1, 0.15) is 11.1 Å². The Balaban J connectivity index is 0.00000280. The second-order valence-electron chi connectivity index (χ2n) is 5.93. The smallest absolute Gasteiger partial charge is 0.191 e. The zero-order chi connectivity index (χ0) is 18.7. The molecule has 0 saturated carbocycles. The van der Waals surface area contributed by atoms with Crippen LogP contribution < -0.4 is 10.6 Å². The molecule has 0 unspecified atom stereocenters. The summed E-state index contributed by atoms with van der Waals surface area (Å²) in [6, 6.07) is 18.9. The Morgan fingerprint density at radius 2 is 1.89 bits per heavy atom. The van der Waals surface area contributed by atoms with Crippen LogP contribution in [0.25, 0.3) is 0 Å². The van der Waals surface area contributed by atoms with Crippen molar-refractivity contribution >= 4 is 41.7 Å². The van der Waals surface area contributed by atoms with Gasteiger partial charge >= 0.3 is 0 Å². The number of nitrogens with one attached hydrogen (secondary N) is 2. The van der Waals surface area contributed by atoms with Crippen LogP contribution in [0.4, 0.5) is 0 Å². The fourth-order valence-electron chi connectivity index (χ4n) is 2.60. The summed E-state index contributed by atoms with van der Waals surface area (Å²) in [6.45, 7) is 2.29. The number of benzene rings is 2. The first kappa shape index (κ1) is 22.2. The van der Waals surface area contributed by atoms with Gasteiger partial charge in [0.2, 0.25) is 0 Å². The van der Waals surface area contributed by atoms with Crippen molar-refractivity contribution in [1.82, 2.24) is 25.4 Å². The van der Waals surface area contributed by atoms with Gasteiger partial charge in [-0.05, 0) is 23.3 Å². The number of hydrogen-bond acceptors (Lipinski definition) is 4. The molecule has 0 aliphatic heterocycles. The summed E-state index contributed by atoms with van der Waals surface area (Å²) in [4.78, 5) is 9.56.